The van der Waals surface area contributed by atoms with Crippen molar-refractivity contribution in [2.75, 3.05) is 0 Å². The highest BCUT2D eigenvalue weighted by Crippen LogP contribution is 2.37. The molecule has 1 heterocycles. The molecule has 0 aromatic heterocycles. The molecule has 0 saturated carbocycles. The summed E-state index contributed by atoms with van der Waals surface area (Å²) in [6, 6.07) is 12.7. The molecule has 3 nitrogen and oxygen atoms in total. The zero-order valence-electron chi connectivity index (χ0n) is 14.8. The van der Waals surface area contributed by atoms with E-state index < -0.39 is 24.1 Å². The molecular formula is C19H21BClFO3. The van der Waals surface area contributed by atoms with Gasteiger partial charge in [-0.05, 0) is 50.9 Å². The smallest absolute Gasteiger partial charge is 0.486 e. The lowest BCUT2D eigenvalue weighted by Gasteiger charge is -2.32. The minimum Gasteiger partial charge on any atom is -0.486 e. The van der Waals surface area contributed by atoms with Gasteiger partial charge in [0.1, 0.15) is 6.61 Å². The Morgan fingerprint density at radius 3 is 2.24 bits per heavy atom. The van der Waals surface area contributed by atoms with Gasteiger partial charge in [-0.1, -0.05) is 41.9 Å². The summed E-state index contributed by atoms with van der Waals surface area (Å²) in [7, 11) is -0.623. The van der Waals surface area contributed by atoms with Crippen molar-refractivity contribution in [2.45, 2.75) is 45.5 Å². The number of benzene rings is 2. The van der Waals surface area contributed by atoms with Crippen molar-refractivity contribution in [1.82, 2.24) is 0 Å². The van der Waals surface area contributed by atoms with E-state index in [1.807, 2.05) is 58.0 Å². The van der Waals surface area contributed by atoms with Crippen molar-refractivity contribution in [3.63, 3.8) is 0 Å². The van der Waals surface area contributed by atoms with E-state index in [2.05, 4.69) is 0 Å². The summed E-state index contributed by atoms with van der Waals surface area (Å²) in [5.74, 6) is -0.501. The van der Waals surface area contributed by atoms with Gasteiger partial charge in [-0.2, -0.15) is 0 Å². The molecule has 0 amide bonds. The predicted molar refractivity (Wildman–Crippen MR) is 97.9 cm³/mol. The van der Waals surface area contributed by atoms with Gasteiger partial charge in [0.2, 0.25) is 0 Å². The maximum Gasteiger partial charge on any atom is 0.495 e. The lowest BCUT2D eigenvalue weighted by molar-refractivity contribution is 0.00578. The van der Waals surface area contributed by atoms with E-state index in [4.69, 9.17) is 25.6 Å². The zero-order valence-corrected chi connectivity index (χ0v) is 15.6. The molecule has 0 atom stereocenters. The third kappa shape index (κ3) is 3.69. The molecule has 1 aliphatic heterocycles. The minimum atomic E-state index is -0.623. The molecule has 1 fully saturated rings. The Bertz CT molecular complexity index is 749. The number of rotatable bonds is 4. The molecule has 0 aliphatic carbocycles. The van der Waals surface area contributed by atoms with Gasteiger partial charge in [0.15, 0.2) is 11.6 Å². The summed E-state index contributed by atoms with van der Waals surface area (Å²) >= 11 is 6.06. The molecule has 0 N–H and O–H groups in total. The van der Waals surface area contributed by atoms with Crippen LogP contribution in [0, 0.1) is 5.82 Å². The first-order valence-corrected chi connectivity index (χ1v) is 8.59. The topological polar surface area (TPSA) is 27.7 Å². The second-order valence-corrected chi connectivity index (χ2v) is 7.58. The van der Waals surface area contributed by atoms with Crippen molar-refractivity contribution in [2.24, 2.45) is 0 Å². The van der Waals surface area contributed by atoms with Crippen LogP contribution >= 0.6 is 11.6 Å². The lowest BCUT2D eigenvalue weighted by atomic mass is 9.79. The average Bonchev–Trinajstić information content (AvgIpc) is 2.77. The molecule has 1 saturated heterocycles. The van der Waals surface area contributed by atoms with E-state index in [1.54, 1.807) is 6.07 Å². The van der Waals surface area contributed by atoms with Gasteiger partial charge in [-0.15, -0.1) is 0 Å². The Hall–Kier alpha value is -1.56. The first-order valence-electron chi connectivity index (χ1n) is 8.21. The van der Waals surface area contributed by atoms with Gasteiger partial charge in [-0.25, -0.2) is 4.39 Å². The van der Waals surface area contributed by atoms with E-state index in [0.29, 0.717) is 5.46 Å². The number of hydrogen-bond acceptors (Lipinski definition) is 3. The highest BCUT2D eigenvalue weighted by Gasteiger charge is 2.51. The highest BCUT2D eigenvalue weighted by atomic mass is 35.5. The third-order valence-corrected chi connectivity index (χ3v) is 5.05. The highest BCUT2D eigenvalue weighted by molar-refractivity contribution is 6.62. The molecule has 3 rings (SSSR count). The Balaban J connectivity index is 1.84. The second kappa shape index (κ2) is 6.63. The molecule has 2 aromatic rings. The molecular weight excluding hydrogens is 341 g/mol. The van der Waals surface area contributed by atoms with Crippen molar-refractivity contribution < 1.29 is 18.4 Å². The Morgan fingerprint density at radius 2 is 1.64 bits per heavy atom. The average molecular weight is 363 g/mol. The van der Waals surface area contributed by atoms with Crippen LogP contribution in [0.15, 0.2) is 42.5 Å². The van der Waals surface area contributed by atoms with Gasteiger partial charge < -0.3 is 14.0 Å². The fraction of sp³-hybridized carbons (Fsp3) is 0.368. The van der Waals surface area contributed by atoms with Crippen molar-refractivity contribution >= 4 is 24.2 Å². The molecule has 132 valence electrons. The summed E-state index contributed by atoms with van der Waals surface area (Å²) in [4.78, 5) is 0. The van der Waals surface area contributed by atoms with Gasteiger partial charge in [-0.3, -0.25) is 0 Å². The Labute approximate surface area is 153 Å². The number of ether oxygens (including phenoxy) is 1. The van der Waals surface area contributed by atoms with Gasteiger partial charge >= 0.3 is 7.12 Å². The van der Waals surface area contributed by atoms with E-state index >= 15 is 0 Å². The zero-order chi connectivity index (χ0) is 18.2. The molecule has 0 radical (unpaired) electrons. The molecule has 6 heteroatoms. The lowest BCUT2D eigenvalue weighted by Crippen LogP contribution is -2.41. The SMILES string of the molecule is CC1(C)OB(c2cc(Cl)c(F)c(OCc3ccccc3)c2)OC1(C)C. The van der Waals surface area contributed by atoms with Gasteiger partial charge in [0.25, 0.3) is 0 Å². The monoisotopic (exact) mass is 362 g/mol. The summed E-state index contributed by atoms with van der Waals surface area (Å²) < 4.78 is 32.0. The number of hydrogen-bond donors (Lipinski definition) is 0. The molecule has 0 unspecified atom stereocenters. The van der Waals surface area contributed by atoms with E-state index in [0.717, 1.165) is 5.56 Å². The summed E-state index contributed by atoms with van der Waals surface area (Å²) in [5, 5.41) is -0.0183. The first-order chi connectivity index (χ1) is 11.7. The van der Waals surface area contributed by atoms with Crippen LogP contribution in [0.2, 0.25) is 5.02 Å². The van der Waals surface area contributed by atoms with Crippen molar-refractivity contribution in [1.29, 1.82) is 0 Å². The van der Waals surface area contributed by atoms with Crippen LogP contribution in [0.4, 0.5) is 4.39 Å². The Kier molecular flexibility index (Phi) is 4.84. The maximum atomic E-state index is 14.3. The molecule has 0 bridgehead atoms. The second-order valence-electron chi connectivity index (χ2n) is 7.18. The fourth-order valence-corrected chi connectivity index (χ4v) is 2.76. The molecule has 25 heavy (non-hydrogen) atoms. The van der Waals surface area contributed by atoms with Crippen LogP contribution < -0.4 is 10.2 Å². The number of halogens is 2. The maximum absolute atomic E-state index is 14.3. The van der Waals surface area contributed by atoms with E-state index in [9.17, 15) is 4.39 Å². The van der Waals surface area contributed by atoms with E-state index in [1.165, 1.54) is 6.07 Å². The quantitative estimate of drug-likeness (QED) is 0.757. The van der Waals surface area contributed by atoms with Crippen LogP contribution in [0.5, 0.6) is 5.75 Å². The van der Waals surface area contributed by atoms with Crippen LogP contribution in [0.25, 0.3) is 0 Å². The molecule has 0 spiro atoms. The van der Waals surface area contributed by atoms with Gasteiger partial charge in [0, 0.05) is 0 Å². The first kappa shape index (κ1) is 18.2. The predicted octanol–water partition coefficient (Wildman–Crippen LogP) is 4.36. The van der Waals surface area contributed by atoms with Crippen LogP contribution in [0.3, 0.4) is 0 Å². The summed E-state index contributed by atoms with van der Waals surface area (Å²) in [5.41, 5.74) is 0.611. The largest absolute Gasteiger partial charge is 0.495 e. The fourth-order valence-electron chi connectivity index (χ4n) is 2.54. The normalized spacial score (nSPS) is 18.4. The van der Waals surface area contributed by atoms with Crippen LogP contribution in [-0.2, 0) is 15.9 Å². The van der Waals surface area contributed by atoms with Crippen molar-refractivity contribution in [3.05, 3.63) is 58.9 Å². The summed E-state index contributed by atoms with van der Waals surface area (Å²) in [6.45, 7) is 8.10. The Morgan fingerprint density at radius 1 is 1.04 bits per heavy atom. The van der Waals surface area contributed by atoms with Gasteiger partial charge in [0.05, 0.1) is 16.2 Å². The molecule has 2 aromatic carbocycles. The molecule has 1 aliphatic rings. The van der Waals surface area contributed by atoms with Crippen LogP contribution in [-0.4, -0.2) is 18.3 Å². The third-order valence-electron chi connectivity index (χ3n) is 4.78. The van der Waals surface area contributed by atoms with Crippen molar-refractivity contribution in [3.8, 4) is 5.75 Å². The van der Waals surface area contributed by atoms with Crippen LogP contribution in [0.1, 0.15) is 33.3 Å². The summed E-state index contributed by atoms with van der Waals surface area (Å²) in [6.07, 6.45) is 0. The van der Waals surface area contributed by atoms with E-state index in [-0.39, 0.29) is 17.4 Å². The minimum absolute atomic E-state index is 0.0183. The standard InChI is InChI=1S/C19H21BClFO3/c1-18(2)19(3,4)25-20(24-18)14-10-15(21)17(22)16(11-14)23-12-13-8-6-5-7-9-13/h5-11H,12H2,1-4H3.